The molecule has 2 aromatic rings. The number of nitrogens with zero attached hydrogens (tertiary/aromatic N) is 3. The summed E-state index contributed by atoms with van der Waals surface area (Å²) >= 11 is 0. The summed E-state index contributed by atoms with van der Waals surface area (Å²) in [5.41, 5.74) is 2.90. The molecular formula is C21H23N3. The van der Waals surface area contributed by atoms with Gasteiger partial charge in [0.05, 0.1) is 5.69 Å². The minimum atomic E-state index is 0.556. The normalized spacial score (nSPS) is 26.5. The molecule has 1 aromatic heterocycles. The van der Waals surface area contributed by atoms with E-state index in [1.54, 1.807) is 0 Å². The van der Waals surface area contributed by atoms with E-state index < -0.39 is 0 Å². The van der Waals surface area contributed by atoms with E-state index in [2.05, 4.69) is 40.1 Å². The Labute approximate surface area is 144 Å². The molecule has 2 saturated heterocycles. The second-order valence-electron chi connectivity index (χ2n) is 7.03. The summed E-state index contributed by atoms with van der Waals surface area (Å²) in [5, 5.41) is 8.84. The molecule has 0 spiro atoms. The van der Waals surface area contributed by atoms with Crippen molar-refractivity contribution < 1.29 is 0 Å². The number of benzene rings is 1. The van der Waals surface area contributed by atoms with E-state index in [0.29, 0.717) is 5.92 Å². The molecule has 24 heavy (non-hydrogen) atoms. The van der Waals surface area contributed by atoms with Gasteiger partial charge in [0.15, 0.2) is 0 Å². The number of rotatable bonds is 1. The van der Waals surface area contributed by atoms with Gasteiger partial charge in [0.1, 0.15) is 5.69 Å². The first-order valence-corrected chi connectivity index (χ1v) is 8.92. The van der Waals surface area contributed by atoms with Crippen LogP contribution >= 0.6 is 0 Å². The lowest BCUT2D eigenvalue weighted by atomic mass is 9.77. The first-order chi connectivity index (χ1) is 11.8. The van der Waals surface area contributed by atoms with Crippen molar-refractivity contribution in [3.05, 3.63) is 59.4 Å². The maximum absolute atomic E-state index is 4.50. The topological polar surface area (TPSA) is 29.0 Å². The SMILES string of the molecule is CN1C2CCCC1CC(c1ccc(C#Cc3ccccc3)nn1)C2. The van der Waals surface area contributed by atoms with Crippen molar-refractivity contribution in [2.75, 3.05) is 7.05 Å². The molecule has 3 heteroatoms. The Morgan fingerprint density at radius 1 is 0.917 bits per heavy atom. The van der Waals surface area contributed by atoms with E-state index in [-0.39, 0.29) is 0 Å². The summed E-state index contributed by atoms with van der Waals surface area (Å²) in [7, 11) is 2.29. The Morgan fingerprint density at radius 2 is 1.67 bits per heavy atom. The zero-order chi connectivity index (χ0) is 16.4. The number of fused-ring (bicyclic) bond motifs is 2. The van der Waals surface area contributed by atoms with Gasteiger partial charge in [0.2, 0.25) is 0 Å². The van der Waals surface area contributed by atoms with Crippen LogP contribution in [-0.4, -0.2) is 34.2 Å². The van der Waals surface area contributed by atoms with Gasteiger partial charge >= 0.3 is 0 Å². The van der Waals surface area contributed by atoms with Gasteiger partial charge in [-0.3, -0.25) is 0 Å². The zero-order valence-electron chi connectivity index (χ0n) is 14.2. The van der Waals surface area contributed by atoms with Crippen molar-refractivity contribution in [3.8, 4) is 11.8 Å². The first kappa shape index (κ1) is 15.4. The van der Waals surface area contributed by atoms with Crippen LogP contribution in [0.5, 0.6) is 0 Å². The predicted molar refractivity (Wildman–Crippen MR) is 95.6 cm³/mol. The van der Waals surface area contributed by atoms with Crippen LogP contribution in [0.1, 0.15) is 55.0 Å². The van der Waals surface area contributed by atoms with E-state index in [0.717, 1.165) is 29.0 Å². The summed E-state index contributed by atoms with van der Waals surface area (Å²) < 4.78 is 0. The lowest BCUT2D eigenvalue weighted by Gasteiger charge is -2.46. The summed E-state index contributed by atoms with van der Waals surface area (Å²) in [6, 6.07) is 15.6. The van der Waals surface area contributed by atoms with Gasteiger partial charge in [-0.05, 0) is 62.9 Å². The molecule has 122 valence electrons. The first-order valence-electron chi connectivity index (χ1n) is 8.92. The fourth-order valence-corrected chi connectivity index (χ4v) is 4.14. The van der Waals surface area contributed by atoms with E-state index in [1.807, 2.05) is 36.4 Å². The Hall–Kier alpha value is -2.18. The van der Waals surface area contributed by atoms with Crippen molar-refractivity contribution in [1.29, 1.82) is 0 Å². The van der Waals surface area contributed by atoms with Crippen LogP contribution in [0, 0.1) is 11.8 Å². The molecule has 0 saturated carbocycles. The smallest absolute Gasteiger partial charge is 0.136 e. The molecule has 0 amide bonds. The molecule has 2 atom stereocenters. The van der Waals surface area contributed by atoms with Gasteiger partial charge in [0, 0.05) is 23.6 Å². The monoisotopic (exact) mass is 317 g/mol. The molecule has 2 aliphatic rings. The number of hydrogen-bond acceptors (Lipinski definition) is 3. The lowest BCUT2D eigenvalue weighted by Crippen LogP contribution is -2.49. The molecule has 2 fully saturated rings. The average molecular weight is 317 g/mol. The standard InChI is InChI=1S/C21H23N3/c1-24-19-8-5-9-20(24)15-17(14-19)21-13-12-18(22-23-21)11-10-16-6-3-2-4-7-16/h2-4,6-7,12-13,17,19-20H,5,8-9,14-15H2,1H3. The second kappa shape index (κ2) is 6.75. The van der Waals surface area contributed by atoms with E-state index in [1.165, 1.54) is 32.1 Å². The minimum absolute atomic E-state index is 0.556. The van der Waals surface area contributed by atoms with Gasteiger partial charge in [-0.15, -0.1) is 5.10 Å². The third-order valence-corrected chi connectivity index (χ3v) is 5.55. The second-order valence-corrected chi connectivity index (χ2v) is 7.03. The summed E-state index contributed by atoms with van der Waals surface area (Å²) in [6.07, 6.45) is 6.48. The molecule has 2 unspecified atom stereocenters. The van der Waals surface area contributed by atoms with Crippen LogP contribution in [0.2, 0.25) is 0 Å². The van der Waals surface area contributed by atoms with E-state index >= 15 is 0 Å². The van der Waals surface area contributed by atoms with Crippen LogP contribution in [0.3, 0.4) is 0 Å². The summed E-state index contributed by atoms with van der Waals surface area (Å²) in [5.74, 6) is 6.80. The number of piperidine rings is 2. The Balaban J connectivity index is 1.47. The highest BCUT2D eigenvalue weighted by Gasteiger charge is 2.36. The zero-order valence-corrected chi connectivity index (χ0v) is 14.2. The minimum Gasteiger partial charge on any atom is -0.300 e. The maximum atomic E-state index is 4.50. The molecule has 2 bridgehead atoms. The van der Waals surface area contributed by atoms with Crippen LogP contribution in [0.4, 0.5) is 0 Å². The third-order valence-electron chi connectivity index (χ3n) is 5.55. The molecule has 0 radical (unpaired) electrons. The average Bonchev–Trinajstić information content (AvgIpc) is 2.61. The number of aromatic nitrogens is 2. The van der Waals surface area contributed by atoms with Crippen LogP contribution in [0.15, 0.2) is 42.5 Å². The van der Waals surface area contributed by atoms with Crippen molar-refractivity contribution >= 4 is 0 Å². The molecule has 4 rings (SSSR count). The Kier molecular flexibility index (Phi) is 4.32. The molecule has 3 nitrogen and oxygen atoms in total. The van der Waals surface area contributed by atoms with Crippen molar-refractivity contribution in [1.82, 2.24) is 15.1 Å². The Bertz CT molecular complexity index is 728. The highest BCUT2D eigenvalue weighted by Crippen LogP contribution is 2.39. The molecular weight excluding hydrogens is 294 g/mol. The summed E-state index contributed by atoms with van der Waals surface area (Å²) in [4.78, 5) is 2.59. The molecule has 0 N–H and O–H groups in total. The van der Waals surface area contributed by atoms with Crippen molar-refractivity contribution in [2.45, 2.75) is 50.1 Å². The van der Waals surface area contributed by atoms with E-state index in [4.69, 9.17) is 0 Å². The van der Waals surface area contributed by atoms with Crippen LogP contribution in [0.25, 0.3) is 0 Å². The fraction of sp³-hybridized carbons (Fsp3) is 0.429. The van der Waals surface area contributed by atoms with Gasteiger partial charge in [0.25, 0.3) is 0 Å². The molecule has 3 heterocycles. The Morgan fingerprint density at radius 3 is 2.33 bits per heavy atom. The summed E-state index contributed by atoms with van der Waals surface area (Å²) in [6.45, 7) is 0. The van der Waals surface area contributed by atoms with E-state index in [9.17, 15) is 0 Å². The van der Waals surface area contributed by atoms with Gasteiger partial charge < -0.3 is 4.90 Å². The number of hydrogen-bond donors (Lipinski definition) is 0. The molecule has 1 aromatic carbocycles. The van der Waals surface area contributed by atoms with Crippen molar-refractivity contribution in [2.24, 2.45) is 0 Å². The fourth-order valence-electron chi connectivity index (χ4n) is 4.14. The molecule has 0 aliphatic carbocycles. The highest BCUT2D eigenvalue weighted by molar-refractivity contribution is 5.39. The van der Waals surface area contributed by atoms with Gasteiger partial charge in [-0.25, -0.2) is 0 Å². The van der Waals surface area contributed by atoms with Crippen LogP contribution in [-0.2, 0) is 0 Å². The van der Waals surface area contributed by atoms with Crippen molar-refractivity contribution in [3.63, 3.8) is 0 Å². The van der Waals surface area contributed by atoms with Gasteiger partial charge in [-0.2, -0.15) is 5.10 Å². The predicted octanol–water partition coefficient (Wildman–Crippen LogP) is 3.61. The quantitative estimate of drug-likeness (QED) is 0.753. The molecule has 2 aliphatic heterocycles. The van der Waals surface area contributed by atoms with Crippen LogP contribution < -0.4 is 0 Å². The largest absolute Gasteiger partial charge is 0.300 e. The lowest BCUT2D eigenvalue weighted by molar-refractivity contribution is 0.0545. The third kappa shape index (κ3) is 3.20. The maximum Gasteiger partial charge on any atom is 0.136 e. The highest BCUT2D eigenvalue weighted by atomic mass is 15.2. The van der Waals surface area contributed by atoms with Gasteiger partial charge in [-0.1, -0.05) is 30.5 Å².